The first-order chi connectivity index (χ1) is 13.5. The lowest BCUT2D eigenvalue weighted by atomic mass is 9.81. The van der Waals surface area contributed by atoms with E-state index in [-0.39, 0.29) is 23.1 Å². The van der Waals surface area contributed by atoms with E-state index < -0.39 is 5.97 Å². The van der Waals surface area contributed by atoms with Crippen LogP contribution in [0.3, 0.4) is 0 Å². The lowest BCUT2D eigenvalue weighted by Gasteiger charge is -2.38. The molecule has 0 saturated carbocycles. The van der Waals surface area contributed by atoms with Gasteiger partial charge in [0, 0.05) is 32.4 Å². The van der Waals surface area contributed by atoms with Gasteiger partial charge in [-0.3, -0.25) is 4.79 Å². The first kappa shape index (κ1) is 18.3. The van der Waals surface area contributed by atoms with E-state index in [9.17, 15) is 14.7 Å². The molecule has 4 rings (SSSR count). The second-order valence-electron chi connectivity index (χ2n) is 7.31. The van der Waals surface area contributed by atoms with Crippen LogP contribution in [0, 0.1) is 0 Å². The molecule has 2 aromatic rings. The number of fused-ring (bicyclic) bond motifs is 1. The summed E-state index contributed by atoms with van der Waals surface area (Å²) < 4.78 is 0. The van der Waals surface area contributed by atoms with E-state index in [2.05, 4.69) is 9.88 Å². The first-order valence-electron chi connectivity index (χ1n) is 9.58. The van der Waals surface area contributed by atoms with E-state index >= 15 is 0 Å². The summed E-state index contributed by atoms with van der Waals surface area (Å²) in [6.45, 7) is 2.52. The first-order valence-corrected chi connectivity index (χ1v) is 9.58. The van der Waals surface area contributed by atoms with Crippen molar-refractivity contribution in [2.45, 2.75) is 25.2 Å². The summed E-state index contributed by atoms with van der Waals surface area (Å²) in [5.74, 6) is -0.0373. The molecule has 2 heterocycles. The van der Waals surface area contributed by atoms with Gasteiger partial charge in [-0.2, -0.15) is 0 Å². The van der Waals surface area contributed by atoms with E-state index in [0.717, 1.165) is 36.2 Å². The molecule has 0 radical (unpaired) electrons. The Kier molecular flexibility index (Phi) is 4.90. The number of phenolic OH excluding ortho intramolecular Hbond substituents is 1. The van der Waals surface area contributed by atoms with Crippen LogP contribution >= 0.6 is 0 Å². The molecular formula is C21H23N3O4. The third-order valence-electron chi connectivity index (χ3n) is 5.69. The van der Waals surface area contributed by atoms with Gasteiger partial charge in [0.2, 0.25) is 5.91 Å². The average molecular weight is 381 g/mol. The van der Waals surface area contributed by atoms with Crippen LogP contribution in [0.25, 0.3) is 0 Å². The number of phenols is 1. The van der Waals surface area contributed by atoms with Gasteiger partial charge in [-0.25, -0.2) is 9.78 Å². The number of aromatic carboxylic acids is 1. The minimum Gasteiger partial charge on any atom is -0.508 e. The predicted octanol–water partition coefficient (Wildman–Crippen LogP) is 2.25. The molecule has 1 aliphatic carbocycles. The summed E-state index contributed by atoms with van der Waals surface area (Å²) in [7, 11) is 0. The van der Waals surface area contributed by atoms with Crippen LogP contribution in [-0.2, 0) is 11.2 Å². The molecule has 1 fully saturated rings. The number of aromatic nitrogens is 1. The van der Waals surface area contributed by atoms with Crippen LogP contribution in [0.5, 0.6) is 5.75 Å². The third-order valence-corrected chi connectivity index (χ3v) is 5.69. The maximum Gasteiger partial charge on any atom is 0.337 e. The summed E-state index contributed by atoms with van der Waals surface area (Å²) >= 11 is 0. The highest BCUT2D eigenvalue weighted by molar-refractivity contribution is 5.87. The molecule has 2 aliphatic rings. The van der Waals surface area contributed by atoms with Gasteiger partial charge >= 0.3 is 5.97 Å². The molecule has 7 nitrogen and oxygen atoms in total. The van der Waals surface area contributed by atoms with Crippen molar-refractivity contribution in [3.63, 3.8) is 0 Å². The summed E-state index contributed by atoms with van der Waals surface area (Å²) in [5.41, 5.74) is 2.04. The van der Waals surface area contributed by atoms with Crippen molar-refractivity contribution in [2.24, 2.45) is 0 Å². The largest absolute Gasteiger partial charge is 0.508 e. The number of carbonyl (C=O) groups is 2. The number of pyridine rings is 1. The van der Waals surface area contributed by atoms with Crippen LogP contribution in [0.2, 0.25) is 0 Å². The topological polar surface area (TPSA) is 94.0 Å². The number of nitrogens with zero attached hydrogens (tertiary/aromatic N) is 3. The fourth-order valence-electron chi connectivity index (χ4n) is 4.16. The van der Waals surface area contributed by atoms with E-state index in [1.807, 2.05) is 17.0 Å². The molecule has 1 atom stereocenters. The van der Waals surface area contributed by atoms with Crippen molar-refractivity contribution in [1.29, 1.82) is 0 Å². The zero-order valence-corrected chi connectivity index (χ0v) is 15.5. The Balaban J connectivity index is 1.42. The number of hydrogen-bond acceptors (Lipinski definition) is 5. The Hall–Kier alpha value is -3.09. The number of benzene rings is 1. The Morgan fingerprint density at radius 2 is 1.86 bits per heavy atom. The van der Waals surface area contributed by atoms with E-state index in [0.29, 0.717) is 26.2 Å². The molecule has 7 heteroatoms. The normalized spacial score (nSPS) is 19.2. The fourth-order valence-corrected chi connectivity index (χ4v) is 4.16. The highest BCUT2D eigenvalue weighted by Gasteiger charge is 2.32. The summed E-state index contributed by atoms with van der Waals surface area (Å²) in [6, 6.07) is 8.72. The van der Waals surface area contributed by atoms with Crippen molar-refractivity contribution in [3.05, 3.63) is 53.2 Å². The molecule has 1 aromatic heterocycles. The number of carboxylic acids is 1. The molecule has 1 aliphatic heterocycles. The standard InChI is InChI=1S/C21H23N3O4/c25-18-6-2-3-15-16(18)4-1-5-17(15)20(26)24-11-9-23(10-12-24)19-8-7-14(13-22-19)21(27)28/h2-3,6-8,13,17,25H,1,4-5,9-12H2,(H,27,28). The predicted molar refractivity (Wildman–Crippen MR) is 104 cm³/mol. The molecule has 2 N–H and O–H groups in total. The van der Waals surface area contributed by atoms with Crippen molar-refractivity contribution in [2.75, 3.05) is 31.1 Å². The summed E-state index contributed by atoms with van der Waals surface area (Å²) in [4.78, 5) is 32.3. The van der Waals surface area contributed by atoms with E-state index in [1.54, 1.807) is 18.2 Å². The molecule has 1 amide bonds. The fraction of sp³-hybridized carbons (Fsp3) is 0.381. The molecule has 1 saturated heterocycles. The number of amides is 1. The zero-order chi connectivity index (χ0) is 19.7. The van der Waals surface area contributed by atoms with Crippen LogP contribution in [-0.4, -0.2) is 58.2 Å². The lowest BCUT2D eigenvalue weighted by Crippen LogP contribution is -2.50. The molecular weight excluding hydrogens is 358 g/mol. The van der Waals surface area contributed by atoms with Gasteiger partial charge < -0.3 is 20.0 Å². The quantitative estimate of drug-likeness (QED) is 0.847. The lowest BCUT2D eigenvalue weighted by molar-refractivity contribution is -0.133. The third kappa shape index (κ3) is 3.40. The molecule has 28 heavy (non-hydrogen) atoms. The highest BCUT2D eigenvalue weighted by Crippen LogP contribution is 2.37. The van der Waals surface area contributed by atoms with Gasteiger partial charge in [0.25, 0.3) is 0 Å². The van der Waals surface area contributed by atoms with Crippen molar-refractivity contribution in [3.8, 4) is 5.75 Å². The van der Waals surface area contributed by atoms with Crippen LogP contribution in [0.4, 0.5) is 5.82 Å². The molecule has 1 aromatic carbocycles. The number of carboxylic acid groups (broad SMARTS) is 1. The Morgan fingerprint density at radius 3 is 2.54 bits per heavy atom. The highest BCUT2D eigenvalue weighted by atomic mass is 16.4. The molecule has 0 spiro atoms. The number of aromatic hydroxyl groups is 1. The minimum atomic E-state index is -0.992. The average Bonchev–Trinajstić information content (AvgIpc) is 2.73. The van der Waals surface area contributed by atoms with Gasteiger partial charge in [0.15, 0.2) is 0 Å². The molecule has 1 unspecified atom stereocenters. The van der Waals surface area contributed by atoms with E-state index in [4.69, 9.17) is 5.11 Å². The maximum absolute atomic E-state index is 13.1. The van der Waals surface area contributed by atoms with Crippen molar-refractivity contribution < 1.29 is 19.8 Å². The van der Waals surface area contributed by atoms with Crippen molar-refractivity contribution >= 4 is 17.7 Å². The molecule has 146 valence electrons. The van der Waals surface area contributed by atoms with Crippen LogP contribution in [0.1, 0.15) is 40.2 Å². The van der Waals surface area contributed by atoms with Gasteiger partial charge in [0.1, 0.15) is 11.6 Å². The van der Waals surface area contributed by atoms with Gasteiger partial charge in [-0.1, -0.05) is 12.1 Å². The second-order valence-corrected chi connectivity index (χ2v) is 7.31. The van der Waals surface area contributed by atoms with Crippen molar-refractivity contribution in [1.82, 2.24) is 9.88 Å². The Labute approximate surface area is 163 Å². The molecule has 0 bridgehead atoms. The monoisotopic (exact) mass is 381 g/mol. The zero-order valence-electron chi connectivity index (χ0n) is 15.5. The number of rotatable bonds is 3. The van der Waals surface area contributed by atoms with E-state index in [1.165, 1.54) is 6.20 Å². The van der Waals surface area contributed by atoms with Crippen LogP contribution < -0.4 is 4.90 Å². The maximum atomic E-state index is 13.1. The number of carbonyl (C=O) groups excluding carboxylic acids is 1. The number of piperazine rings is 1. The van der Waals surface area contributed by atoms with Gasteiger partial charge in [-0.15, -0.1) is 0 Å². The van der Waals surface area contributed by atoms with Gasteiger partial charge in [0.05, 0.1) is 11.5 Å². The Bertz CT molecular complexity index is 889. The smallest absolute Gasteiger partial charge is 0.337 e. The minimum absolute atomic E-state index is 0.125. The summed E-state index contributed by atoms with van der Waals surface area (Å²) in [6.07, 6.45) is 3.90. The SMILES string of the molecule is O=C(O)c1ccc(N2CCN(C(=O)C3CCCc4c(O)cccc43)CC2)nc1. The van der Waals surface area contributed by atoms with Gasteiger partial charge in [-0.05, 0) is 48.6 Å². The number of anilines is 1. The summed E-state index contributed by atoms with van der Waals surface area (Å²) in [5, 5.41) is 19.1. The second kappa shape index (κ2) is 7.50. The number of hydrogen-bond donors (Lipinski definition) is 2. The van der Waals surface area contributed by atoms with Crippen LogP contribution in [0.15, 0.2) is 36.5 Å². The Morgan fingerprint density at radius 1 is 1.07 bits per heavy atom.